The van der Waals surface area contributed by atoms with Crippen molar-refractivity contribution < 1.29 is 13.9 Å². The Morgan fingerprint density at radius 3 is 1.92 bits per heavy atom. The number of allylic oxidation sites excluding steroid dienone is 1. The summed E-state index contributed by atoms with van der Waals surface area (Å²) in [6.45, 7) is 3.83. The molecule has 3 rings (SSSR count). The van der Waals surface area contributed by atoms with E-state index in [-0.39, 0.29) is 5.92 Å². The highest BCUT2D eigenvalue weighted by atomic mass is 19.2. The van der Waals surface area contributed by atoms with E-state index in [2.05, 4.69) is 6.58 Å². The Morgan fingerprint density at radius 2 is 1.32 bits per heavy atom. The van der Waals surface area contributed by atoms with Crippen LogP contribution in [0, 0.1) is 29.6 Å². The van der Waals surface area contributed by atoms with E-state index in [4.69, 9.17) is 0 Å². The molecule has 0 aromatic carbocycles. The summed E-state index contributed by atoms with van der Waals surface area (Å²) in [6.07, 6.45) is 11.4. The summed E-state index contributed by atoms with van der Waals surface area (Å²) < 4.78 is 28.2. The molecule has 144 valence electrons. The molecule has 0 aromatic heterocycles. The van der Waals surface area contributed by atoms with Crippen molar-refractivity contribution in [2.24, 2.45) is 29.6 Å². The molecule has 0 spiro atoms. The van der Waals surface area contributed by atoms with Crippen LogP contribution in [-0.2, 0) is 0 Å². The maximum Gasteiger partial charge on any atom is 0.157 e. The Balaban J connectivity index is 1.43. The van der Waals surface area contributed by atoms with Crippen LogP contribution in [0.25, 0.3) is 0 Å². The number of aliphatic hydroxyl groups excluding tert-OH is 1. The number of rotatable bonds is 5. The number of hydrogen-bond acceptors (Lipinski definition) is 1. The minimum atomic E-state index is -1.66. The van der Waals surface area contributed by atoms with Crippen LogP contribution in [0.4, 0.5) is 8.78 Å². The van der Waals surface area contributed by atoms with E-state index in [1.165, 1.54) is 44.9 Å². The number of alkyl halides is 2. The van der Waals surface area contributed by atoms with Crippen LogP contribution in [0.3, 0.4) is 0 Å². The highest BCUT2D eigenvalue weighted by molar-refractivity contribution is 4.93. The second-order valence-corrected chi connectivity index (χ2v) is 9.02. The molecule has 3 saturated carbocycles. The van der Waals surface area contributed by atoms with Crippen molar-refractivity contribution in [3.8, 4) is 0 Å². The molecule has 0 saturated heterocycles. The highest BCUT2D eigenvalue weighted by Gasteiger charge is 2.44. The largest absolute Gasteiger partial charge is 0.390 e. The molecule has 3 aliphatic rings. The first-order valence-corrected chi connectivity index (χ1v) is 10.7. The van der Waals surface area contributed by atoms with Crippen LogP contribution in [0.15, 0.2) is 12.7 Å². The lowest BCUT2D eigenvalue weighted by Gasteiger charge is -2.42. The Kier molecular flexibility index (Phi) is 6.93. The van der Waals surface area contributed by atoms with Gasteiger partial charge in [-0.2, -0.15) is 0 Å². The molecule has 1 nitrogen and oxygen atoms in total. The van der Waals surface area contributed by atoms with Gasteiger partial charge in [-0.05, 0) is 93.8 Å². The van der Waals surface area contributed by atoms with Gasteiger partial charge in [-0.25, -0.2) is 8.78 Å². The molecular formula is C22H36F2O. The molecule has 0 amide bonds. The zero-order valence-electron chi connectivity index (χ0n) is 15.6. The van der Waals surface area contributed by atoms with Crippen LogP contribution < -0.4 is 0 Å². The summed E-state index contributed by atoms with van der Waals surface area (Å²) in [5.41, 5.74) is 0. The average Bonchev–Trinajstić information content (AvgIpc) is 2.65. The molecule has 0 radical (unpaired) electrons. The molecule has 0 aliphatic heterocycles. The van der Waals surface area contributed by atoms with Crippen molar-refractivity contribution in [2.75, 3.05) is 0 Å². The van der Waals surface area contributed by atoms with E-state index in [0.29, 0.717) is 18.8 Å². The van der Waals surface area contributed by atoms with E-state index in [1.54, 1.807) is 0 Å². The summed E-state index contributed by atoms with van der Waals surface area (Å²) in [5.74, 6) is 2.75. The van der Waals surface area contributed by atoms with Gasteiger partial charge in [0.15, 0.2) is 6.17 Å². The Labute approximate surface area is 152 Å². The first-order chi connectivity index (χ1) is 12.1. The van der Waals surface area contributed by atoms with Gasteiger partial charge in [0.1, 0.15) is 6.17 Å². The Morgan fingerprint density at radius 1 is 0.760 bits per heavy atom. The monoisotopic (exact) mass is 354 g/mol. The molecule has 0 aromatic rings. The molecule has 4 unspecified atom stereocenters. The number of hydrogen-bond donors (Lipinski definition) is 1. The Hall–Kier alpha value is -0.440. The van der Waals surface area contributed by atoms with Crippen molar-refractivity contribution in [2.45, 2.75) is 95.5 Å². The zero-order chi connectivity index (χ0) is 17.8. The molecule has 3 aliphatic carbocycles. The summed E-state index contributed by atoms with van der Waals surface area (Å²) >= 11 is 0. The molecule has 4 atom stereocenters. The second kappa shape index (κ2) is 8.97. The fourth-order valence-electron chi connectivity index (χ4n) is 5.97. The van der Waals surface area contributed by atoms with E-state index in [1.807, 2.05) is 6.08 Å². The van der Waals surface area contributed by atoms with Crippen molar-refractivity contribution in [1.82, 2.24) is 0 Å². The van der Waals surface area contributed by atoms with E-state index < -0.39 is 18.4 Å². The van der Waals surface area contributed by atoms with Gasteiger partial charge in [-0.1, -0.05) is 18.9 Å². The molecular weight excluding hydrogens is 318 g/mol. The van der Waals surface area contributed by atoms with Crippen LogP contribution in [0.5, 0.6) is 0 Å². The lowest BCUT2D eigenvalue weighted by atomic mass is 9.65. The quantitative estimate of drug-likeness (QED) is 0.599. The van der Waals surface area contributed by atoms with Gasteiger partial charge in [0.25, 0.3) is 0 Å². The van der Waals surface area contributed by atoms with Crippen molar-refractivity contribution in [3.05, 3.63) is 12.7 Å². The van der Waals surface area contributed by atoms with Gasteiger partial charge in [-0.3, -0.25) is 0 Å². The molecule has 3 heteroatoms. The summed E-state index contributed by atoms with van der Waals surface area (Å²) in [7, 11) is 0. The molecule has 0 heterocycles. The predicted molar refractivity (Wildman–Crippen MR) is 98.8 cm³/mol. The standard InChI is InChI=1S/C22H36F2O/c1-2-3-4-15-5-7-16(8-6-15)17-9-11-18(12-10-17)19-13-14-20(25)22(24)21(19)23/h2,15-22,25H,1,3-14H2. The molecule has 25 heavy (non-hydrogen) atoms. The fourth-order valence-corrected chi connectivity index (χ4v) is 5.97. The smallest absolute Gasteiger partial charge is 0.157 e. The van der Waals surface area contributed by atoms with E-state index >= 15 is 0 Å². The third-order valence-corrected chi connectivity index (χ3v) is 7.64. The summed E-state index contributed by atoms with van der Waals surface area (Å²) in [4.78, 5) is 0. The molecule has 0 bridgehead atoms. The van der Waals surface area contributed by atoms with Crippen LogP contribution in [-0.4, -0.2) is 23.6 Å². The molecule has 1 N–H and O–H groups in total. The van der Waals surface area contributed by atoms with Gasteiger partial charge in [0.05, 0.1) is 6.10 Å². The topological polar surface area (TPSA) is 20.2 Å². The maximum absolute atomic E-state index is 14.3. The maximum atomic E-state index is 14.3. The number of halogens is 2. The van der Waals surface area contributed by atoms with E-state index in [0.717, 1.165) is 37.0 Å². The third-order valence-electron chi connectivity index (χ3n) is 7.64. The van der Waals surface area contributed by atoms with Gasteiger partial charge in [0.2, 0.25) is 0 Å². The number of aliphatic hydroxyl groups is 1. The zero-order valence-corrected chi connectivity index (χ0v) is 15.6. The lowest BCUT2D eigenvalue weighted by molar-refractivity contribution is -0.0561. The van der Waals surface area contributed by atoms with Gasteiger partial charge in [-0.15, -0.1) is 6.58 Å². The highest BCUT2D eigenvalue weighted by Crippen LogP contribution is 2.46. The fraction of sp³-hybridized carbons (Fsp3) is 0.909. The van der Waals surface area contributed by atoms with Crippen LogP contribution >= 0.6 is 0 Å². The van der Waals surface area contributed by atoms with Crippen molar-refractivity contribution >= 4 is 0 Å². The Bertz CT molecular complexity index is 410. The minimum absolute atomic E-state index is 0.158. The summed E-state index contributed by atoms with van der Waals surface area (Å²) in [6, 6.07) is 0. The SMILES string of the molecule is C=CCCC1CCC(C2CCC(C3CCC(O)C(F)C3F)CC2)CC1. The molecule has 3 fully saturated rings. The minimum Gasteiger partial charge on any atom is -0.390 e. The average molecular weight is 355 g/mol. The third kappa shape index (κ3) is 4.64. The van der Waals surface area contributed by atoms with Gasteiger partial charge in [0, 0.05) is 0 Å². The first-order valence-electron chi connectivity index (χ1n) is 10.7. The normalized spacial score (nSPS) is 45.9. The van der Waals surface area contributed by atoms with Crippen LogP contribution in [0.2, 0.25) is 0 Å². The summed E-state index contributed by atoms with van der Waals surface area (Å²) in [5, 5.41) is 9.53. The van der Waals surface area contributed by atoms with E-state index in [9.17, 15) is 13.9 Å². The predicted octanol–water partition coefficient (Wildman–Crippen LogP) is 6.01. The lowest BCUT2D eigenvalue weighted by Crippen LogP contribution is -2.44. The second-order valence-electron chi connectivity index (χ2n) is 9.02. The van der Waals surface area contributed by atoms with Gasteiger partial charge < -0.3 is 5.11 Å². The van der Waals surface area contributed by atoms with Crippen molar-refractivity contribution in [1.29, 1.82) is 0 Å². The first kappa shape index (κ1) is 19.3. The van der Waals surface area contributed by atoms with Crippen LogP contribution in [0.1, 0.15) is 77.0 Å². The van der Waals surface area contributed by atoms with Gasteiger partial charge >= 0.3 is 0 Å². The van der Waals surface area contributed by atoms with Crippen molar-refractivity contribution in [3.63, 3.8) is 0 Å².